The predicted octanol–water partition coefficient (Wildman–Crippen LogP) is 3.34. The monoisotopic (exact) mass is 372 g/mol. The molecule has 0 aliphatic carbocycles. The minimum Gasteiger partial charge on any atom is -0.478 e. The maximum Gasteiger partial charge on any atom is 0.410 e. The minimum absolute atomic E-state index is 0.0189. The number of hydrogen-bond acceptors (Lipinski definition) is 4. The van der Waals surface area contributed by atoms with E-state index in [2.05, 4.69) is 4.98 Å². The smallest absolute Gasteiger partial charge is 0.410 e. The van der Waals surface area contributed by atoms with Crippen molar-refractivity contribution in [3.63, 3.8) is 0 Å². The summed E-state index contributed by atoms with van der Waals surface area (Å²) in [5.74, 6) is -1.49. The lowest BCUT2D eigenvalue weighted by Gasteiger charge is -2.34. The number of nitrogens with one attached hydrogen (secondary N) is 1. The van der Waals surface area contributed by atoms with Crippen LogP contribution in [0, 0.1) is 0 Å². The number of ether oxygens (including phenoxy) is 1. The number of aromatic amines is 1. The maximum atomic E-state index is 12.7. The minimum atomic E-state index is -1.14. The van der Waals surface area contributed by atoms with Crippen molar-refractivity contribution in [2.75, 3.05) is 13.1 Å². The first-order chi connectivity index (χ1) is 12.7. The third-order valence-electron chi connectivity index (χ3n) is 4.65. The van der Waals surface area contributed by atoms with E-state index < -0.39 is 23.2 Å². The second-order valence-corrected chi connectivity index (χ2v) is 7.86. The number of para-hydroxylation sites is 1. The van der Waals surface area contributed by atoms with Crippen LogP contribution in [-0.4, -0.2) is 45.7 Å². The quantitative estimate of drug-likeness (QED) is 0.842. The molecule has 0 bridgehead atoms. The Morgan fingerprint density at radius 1 is 1.26 bits per heavy atom. The molecule has 2 N–H and O–H groups in total. The number of pyridine rings is 1. The van der Waals surface area contributed by atoms with E-state index in [0.29, 0.717) is 30.3 Å². The largest absolute Gasteiger partial charge is 0.478 e. The summed E-state index contributed by atoms with van der Waals surface area (Å²) in [5.41, 5.74) is -0.290. The fraction of sp³-hybridized carbons (Fsp3) is 0.450. The van der Waals surface area contributed by atoms with E-state index in [4.69, 9.17) is 4.74 Å². The lowest BCUT2D eigenvalue weighted by atomic mass is 9.87. The van der Waals surface area contributed by atoms with Crippen molar-refractivity contribution in [3.8, 4) is 0 Å². The second kappa shape index (κ2) is 7.06. The summed E-state index contributed by atoms with van der Waals surface area (Å²) in [7, 11) is 0. The van der Waals surface area contributed by atoms with E-state index in [1.54, 1.807) is 49.9 Å². The number of carbonyl (C=O) groups excluding carboxylic acids is 1. The molecule has 1 aromatic heterocycles. The molecular formula is C20H24N2O5. The molecular weight excluding hydrogens is 348 g/mol. The Morgan fingerprint density at radius 3 is 2.63 bits per heavy atom. The average Bonchev–Trinajstić information content (AvgIpc) is 2.59. The topological polar surface area (TPSA) is 99.7 Å². The first-order valence-electron chi connectivity index (χ1n) is 9.03. The lowest BCUT2D eigenvalue weighted by molar-refractivity contribution is 0.0198. The standard InChI is InChI=1S/C20H24N2O5/c1-20(2,3)27-19(26)22-10-6-7-12(11-22)15-16(18(24)25)13-8-4-5-9-14(13)21-17(15)23/h4-5,8-9,12H,6-7,10-11H2,1-3H3,(H,21,23)(H,24,25). The summed E-state index contributed by atoms with van der Waals surface area (Å²) in [4.78, 5) is 41.4. The van der Waals surface area contributed by atoms with Gasteiger partial charge in [-0.3, -0.25) is 4.79 Å². The first-order valence-corrected chi connectivity index (χ1v) is 9.03. The van der Waals surface area contributed by atoms with Crippen LogP contribution >= 0.6 is 0 Å². The van der Waals surface area contributed by atoms with Gasteiger partial charge in [-0.15, -0.1) is 0 Å². The Hall–Kier alpha value is -2.83. The number of carbonyl (C=O) groups is 2. The molecule has 3 rings (SSSR count). The number of carboxylic acid groups (broad SMARTS) is 1. The Morgan fingerprint density at radius 2 is 1.96 bits per heavy atom. The first kappa shape index (κ1) is 18.9. The summed E-state index contributed by atoms with van der Waals surface area (Å²) in [6.45, 7) is 6.17. The van der Waals surface area contributed by atoms with Crippen LogP contribution in [0.4, 0.5) is 4.79 Å². The summed E-state index contributed by atoms with van der Waals surface area (Å²) in [5, 5.41) is 10.3. The normalized spacial score (nSPS) is 17.7. The SMILES string of the molecule is CC(C)(C)OC(=O)N1CCCC(c2c(C(=O)O)c3ccccc3[nH]c2=O)C1. The zero-order chi connectivity index (χ0) is 19.8. The number of amides is 1. The molecule has 1 aliphatic rings. The number of hydrogen-bond donors (Lipinski definition) is 2. The van der Waals surface area contributed by atoms with Crippen molar-refractivity contribution in [2.24, 2.45) is 0 Å². The Kier molecular flexibility index (Phi) is 4.95. The molecule has 1 amide bonds. The number of fused-ring (bicyclic) bond motifs is 1. The van der Waals surface area contributed by atoms with Crippen molar-refractivity contribution in [1.29, 1.82) is 0 Å². The molecule has 7 heteroatoms. The van der Waals surface area contributed by atoms with Crippen LogP contribution in [0.25, 0.3) is 10.9 Å². The van der Waals surface area contributed by atoms with E-state index in [-0.39, 0.29) is 23.6 Å². The van der Waals surface area contributed by atoms with Crippen molar-refractivity contribution in [1.82, 2.24) is 9.88 Å². The highest BCUT2D eigenvalue weighted by Crippen LogP contribution is 2.30. The predicted molar refractivity (Wildman–Crippen MR) is 101 cm³/mol. The number of aromatic nitrogens is 1. The Balaban J connectivity index is 2.01. The maximum absolute atomic E-state index is 12.7. The van der Waals surface area contributed by atoms with Crippen LogP contribution in [0.2, 0.25) is 0 Å². The third kappa shape index (κ3) is 3.97. The van der Waals surface area contributed by atoms with E-state index >= 15 is 0 Å². The number of aromatic carboxylic acids is 1. The molecule has 1 fully saturated rings. The highest BCUT2D eigenvalue weighted by atomic mass is 16.6. The number of piperidine rings is 1. The molecule has 2 aromatic rings. The number of carboxylic acids is 1. The fourth-order valence-corrected chi connectivity index (χ4v) is 3.58. The Labute approximate surface area is 156 Å². The van der Waals surface area contributed by atoms with Crippen LogP contribution in [0.3, 0.4) is 0 Å². The average molecular weight is 372 g/mol. The molecule has 0 spiro atoms. The fourth-order valence-electron chi connectivity index (χ4n) is 3.58. The van der Waals surface area contributed by atoms with Gasteiger partial charge in [0, 0.05) is 35.5 Å². The van der Waals surface area contributed by atoms with Crippen molar-refractivity contribution in [2.45, 2.75) is 45.1 Å². The zero-order valence-corrected chi connectivity index (χ0v) is 15.7. The van der Waals surface area contributed by atoms with Crippen LogP contribution in [0.15, 0.2) is 29.1 Å². The van der Waals surface area contributed by atoms with E-state index in [1.807, 2.05) is 0 Å². The van der Waals surface area contributed by atoms with Gasteiger partial charge in [0.25, 0.3) is 5.56 Å². The summed E-state index contributed by atoms with van der Waals surface area (Å²) >= 11 is 0. The van der Waals surface area contributed by atoms with Gasteiger partial charge in [0.15, 0.2) is 0 Å². The van der Waals surface area contributed by atoms with E-state index in [9.17, 15) is 19.5 Å². The van der Waals surface area contributed by atoms with E-state index in [1.165, 1.54) is 0 Å². The van der Waals surface area contributed by atoms with Gasteiger partial charge < -0.3 is 19.7 Å². The van der Waals surface area contributed by atoms with Crippen molar-refractivity contribution in [3.05, 3.63) is 45.7 Å². The molecule has 0 saturated carbocycles. The van der Waals surface area contributed by atoms with Crippen molar-refractivity contribution >= 4 is 23.0 Å². The van der Waals surface area contributed by atoms with Crippen LogP contribution < -0.4 is 5.56 Å². The number of likely N-dealkylation sites (tertiary alicyclic amines) is 1. The molecule has 1 unspecified atom stereocenters. The van der Waals surface area contributed by atoms with Crippen LogP contribution in [0.1, 0.15) is 55.5 Å². The number of rotatable bonds is 2. The number of nitrogens with zero attached hydrogens (tertiary/aromatic N) is 1. The molecule has 144 valence electrons. The summed E-state index contributed by atoms with van der Waals surface area (Å²) in [6.07, 6.45) is 0.872. The second-order valence-electron chi connectivity index (χ2n) is 7.86. The molecule has 1 atom stereocenters. The highest BCUT2D eigenvalue weighted by molar-refractivity contribution is 6.03. The molecule has 27 heavy (non-hydrogen) atoms. The lowest BCUT2D eigenvalue weighted by Crippen LogP contribution is -2.43. The van der Waals surface area contributed by atoms with Gasteiger partial charge in [0.2, 0.25) is 0 Å². The van der Waals surface area contributed by atoms with Gasteiger partial charge in [-0.2, -0.15) is 0 Å². The third-order valence-corrected chi connectivity index (χ3v) is 4.65. The molecule has 1 aliphatic heterocycles. The zero-order valence-electron chi connectivity index (χ0n) is 15.7. The summed E-state index contributed by atoms with van der Waals surface area (Å²) in [6, 6.07) is 6.85. The number of benzene rings is 1. The molecule has 7 nitrogen and oxygen atoms in total. The number of H-pyrrole nitrogens is 1. The summed E-state index contributed by atoms with van der Waals surface area (Å²) < 4.78 is 5.42. The Bertz CT molecular complexity index is 942. The van der Waals surface area contributed by atoms with Gasteiger partial charge in [-0.25, -0.2) is 9.59 Å². The molecule has 1 aromatic carbocycles. The van der Waals surface area contributed by atoms with Crippen molar-refractivity contribution < 1.29 is 19.4 Å². The van der Waals surface area contributed by atoms with Gasteiger partial charge >= 0.3 is 12.1 Å². The van der Waals surface area contributed by atoms with Gasteiger partial charge in [0.1, 0.15) is 5.60 Å². The van der Waals surface area contributed by atoms with Gasteiger partial charge in [0.05, 0.1) is 5.56 Å². The molecule has 1 saturated heterocycles. The van der Waals surface area contributed by atoms with E-state index in [0.717, 1.165) is 0 Å². The molecule has 0 radical (unpaired) electrons. The highest BCUT2D eigenvalue weighted by Gasteiger charge is 2.32. The molecule has 2 heterocycles. The van der Waals surface area contributed by atoms with Gasteiger partial charge in [-0.1, -0.05) is 18.2 Å². The van der Waals surface area contributed by atoms with Crippen LogP contribution in [-0.2, 0) is 4.74 Å². The van der Waals surface area contributed by atoms with Gasteiger partial charge in [-0.05, 0) is 39.7 Å². The van der Waals surface area contributed by atoms with Crippen LogP contribution in [0.5, 0.6) is 0 Å².